The summed E-state index contributed by atoms with van der Waals surface area (Å²) >= 11 is 0. The summed E-state index contributed by atoms with van der Waals surface area (Å²) in [6, 6.07) is -3.97. The van der Waals surface area contributed by atoms with E-state index in [1.807, 2.05) is 0 Å². The zero-order valence-corrected chi connectivity index (χ0v) is 33.3. The van der Waals surface area contributed by atoms with Crippen LogP contribution >= 0.6 is 0 Å². The second kappa shape index (κ2) is 22.6. The number of H-pyrrole nitrogens is 1. The highest BCUT2D eigenvalue weighted by molar-refractivity contribution is 5.97. The number of aromatic hydroxyl groups is 1. The number of phenolic OH excluding ortho intramolecular Hbond substituents is 1. The molecule has 320 valence electrons. The molecule has 1 aromatic heterocycles. The Morgan fingerprint density at radius 3 is 1.72 bits per heavy atom. The topological polar surface area (TPSA) is 350 Å². The average molecular weight is 817 g/mol. The maximum atomic E-state index is 14.1. The molecule has 2 aromatic rings. The molecule has 0 unspecified atom stereocenters. The molecule has 1 heterocycles. The van der Waals surface area contributed by atoms with E-state index in [2.05, 4.69) is 41.9 Å². The van der Waals surface area contributed by atoms with Gasteiger partial charge in [0.25, 0.3) is 0 Å². The molecule has 0 radical (unpaired) electrons. The number of carbonyl (C=O) groups excluding carboxylic acids is 7. The minimum Gasteiger partial charge on any atom is -0.508 e. The molecular formula is C37H56N10O11. The zero-order valence-electron chi connectivity index (χ0n) is 33.3. The third kappa shape index (κ3) is 15.8. The molecule has 2 rings (SSSR count). The van der Waals surface area contributed by atoms with Gasteiger partial charge in [-0.1, -0.05) is 39.8 Å². The van der Waals surface area contributed by atoms with Crippen molar-refractivity contribution in [3.63, 3.8) is 0 Å². The Labute approximate surface area is 335 Å². The number of aromatic nitrogens is 2. The predicted octanol–water partition coefficient (Wildman–Crippen LogP) is -2.80. The fourth-order valence-corrected chi connectivity index (χ4v) is 5.54. The van der Waals surface area contributed by atoms with Crippen molar-refractivity contribution in [1.82, 2.24) is 41.9 Å². The minimum atomic E-state index is -1.65. The Hall–Kier alpha value is -6.09. The van der Waals surface area contributed by atoms with Gasteiger partial charge >= 0.3 is 5.97 Å². The van der Waals surface area contributed by atoms with Crippen LogP contribution in [0, 0.1) is 11.8 Å². The summed E-state index contributed by atoms with van der Waals surface area (Å²) in [6.07, 6.45) is 0.481. The van der Waals surface area contributed by atoms with Gasteiger partial charge in [0.1, 0.15) is 42.0 Å². The molecule has 0 aliphatic rings. The number of carboxylic acid groups (broad SMARTS) is 1. The van der Waals surface area contributed by atoms with Crippen LogP contribution in [0.5, 0.6) is 5.75 Å². The molecule has 58 heavy (non-hydrogen) atoms. The van der Waals surface area contributed by atoms with Crippen LogP contribution in [0.1, 0.15) is 65.6 Å². The first kappa shape index (κ1) is 48.1. The van der Waals surface area contributed by atoms with Gasteiger partial charge < -0.3 is 63.7 Å². The monoisotopic (exact) mass is 816 g/mol. The maximum Gasteiger partial charge on any atom is 0.325 e. The van der Waals surface area contributed by atoms with Crippen LogP contribution in [0.2, 0.25) is 0 Å². The maximum absolute atomic E-state index is 14.1. The van der Waals surface area contributed by atoms with Crippen LogP contribution in [0.25, 0.3) is 0 Å². The summed E-state index contributed by atoms with van der Waals surface area (Å²) in [5, 5.41) is 44.3. The first-order valence-corrected chi connectivity index (χ1v) is 18.6. The number of nitrogens with zero attached hydrogens (tertiary/aromatic N) is 1. The number of rotatable bonds is 23. The SMILES string of the molecule is CC(C)C[C@H](NC(=O)[C@@H](NC(=O)[C@@H](N)CC(N)=O)C(C)C)C(=O)N[C@@H](Cc1cnc[nH]1)C(=O)N[C@@H](Cc1ccc(O)cc1)C(=O)N[C@H](C(=O)N[C@@H](C)C(=O)O)[C@@H](C)O. The van der Waals surface area contributed by atoms with Crippen molar-refractivity contribution in [2.45, 2.75) is 116 Å². The third-order valence-corrected chi connectivity index (χ3v) is 8.76. The Balaban J connectivity index is 2.44. The van der Waals surface area contributed by atoms with E-state index < -0.39 is 108 Å². The third-order valence-electron chi connectivity index (χ3n) is 8.76. The smallest absolute Gasteiger partial charge is 0.325 e. The van der Waals surface area contributed by atoms with Crippen molar-refractivity contribution in [3.05, 3.63) is 48.0 Å². The summed E-state index contributed by atoms with van der Waals surface area (Å²) in [5.41, 5.74) is 11.8. The number of nitrogens with two attached hydrogens (primary N) is 2. The van der Waals surface area contributed by atoms with Crippen LogP contribution in [0.4, 0.5) is 0 Å². The van der Waals surface area contributed by atoms with Crippen LogP contribution in [0.3, 0.4) is 0 Å². The number of primary amides is 1. The molecule has 14 N–H and O–H groups in total. The first-order chi connectivity index (χ1) is 27.1. The lowest BCUT2D eigenvalue weighted by Crippen LogP contribution is -2.61. The van der Waals surface area contributed by atoms with E-state index in [0.717, 1.165) is 0 Å². The number of aromatic amines is 1. The molecule has 21 heteroatoms. The Morgan fingerprint density at radius 1 is 0.707 bits per heavy atom. The lowest BCUT2D eigenvalue weighted by atomic mass is 9.99. The van der Waals surface area contributed by atoms with Gasteiger partial charge in [-0.15, -0.1) is 0 Å². The van der Waals surface area contributed by atoms with E-state index in [1.54, 1.807) is 27.7 Å². The molecular weight excluding hydrogens is 760 g/mol. The van der Waals surface area contributed by atoms with Crippen molar-refractivity contribution in [3.8, 4) is 5.75 Å². The van der Waals surface area contributed by atoms with Gasteiger partial charge in [-0.05, 0) is 49.8 Å². The number of hydrogen-bond donors (Lipinski definition) is 12. The fraction of sp³-hybridized carbons (Fsp3) is 0.541. The zero-order chi connectivity index (χ0) is 43.9. The second-order valence-corrected chi connectivity index (χ2v) is 14.8. The van der Waals surface area contributed by atoms with Crippen molar-refractivity contribution in [1.29, 1.82) is 0 Å². The van der Waals surface area contributed by atoms with Crippen LogP contribution in [0.15, 0.2) is 36.8 Å². The number of aliphatic hydroxyl groups is 1. The van der Waals surface area contributed by atoms with Gasteiger partial charge in [0.05, 0.1) is 24.9 Å². The van der Waals surface area contributed by atoms with E-state index in [1.165, 1.54) is 50.6 Å². The summed E-state index contributed by atoms with van der Waals surface area (Å²) in [4.78, 5) is 110. The molecule has 8 atom stereocenters. The van der Waals surface area contributed by atoms with Gasteiger partial charge in [-0.25, -0.2) is 4.98 Å². The summed E-state index contributed by atoms with van der Waals surface area (Å²) in [5.74, 6) is -8.12. The average Bonchev–Trinajstić information content (AvgIpc) is 3.64. The van der Waals surface area contributed by atoms with E-state index in [-0.39, 0.29) is 30.9 Å². The quantitative estimate of drug-likeness (QED) is 0.0540. The Bertz CT molecular complexity index is 1730. The molecule has 21 nitrogen and oxygen atoms in total. The highest BCUT2D eigenvalue weighted by atomic mass is 16.4. The molecule has 1 aromatic carbocycles. The summed E-state index contributed by atoms with van der Waals surface area (Å²) < 4.78 is 0. The normalized spacial score (nSPS) is 15.3. The number of carboxylic acids is 1. The number of phenols is 1. The fourth-order valence-electron chi connectivity index (χ4n) is 5.54. The van der Waals surface area contributed by atoms with Crippen molar-refractivity contribution in [2.24, 2.45) is 23.3 Å². The molecule has 0 bridgehead atoms. The summed E-state index contributed by atoms with van der Waals surface area (Å²) in [6.45, 7) is 9.25. The van der Waals surface area contributed by atoms with Gasteiger partial charge in [0, 0.05) is 24.7 Å². The second-order valence-electron chi connectivity index (χ2n) is 14.8. The predicted molar refractivity (Wildman–Crippen MR) is 207 cm³/mol. The van der Waals surface area contributed by atoms with Crippen molar-refractivity contribution in [2.75, 3.05) is 0 Å². The minimum absolute atomic E-state index is 0.0775. The standard InChI is InChI=1S/C37H56N10O11/c1-17(2)11-25(45-35(55)29(18(3)4)46-31(51)24(38)14-28(39)50)32(52)44-27(13-22-15-40-16-41-22)33(53)43-26(12-21-7-9-23(49)10-8-21)34(54)47-30(20(6)48)36(56)42-19(5)37(57)58/h7-10,15-20,24-27,29-30,48-49H,11-14,38H2,1-6H3,(H2,39,50)(H,40,41)(H,42,56)(H,43,53)(H,44,52)(H,45,55)(H,46,51)(H,47,54)(H,57,58)/t19-,20+,24-,25-,26-,27-,29-,30-/m0/s1. The van der Waals surface area contributed by atoms with Gasteiger partial charge in [-0.2, -0.15) is 0 Å². The van der Waals surface area contributed by atoms with Crippen molar-refractivity contribution >= 4 is 47.3 Å². The Kier molecular flexibility index (Phi) is 18.7. The lowest BCUT2D eigenvalue weighted by Gasteiger charge is -2.29. The number of aliphatic carboxylic acids is 1. The van der Waals surface area contributed by atoms with E-state index in [4.69, 9.17) is 11.5 Å². The lowest BCUT2D eigenvalue weighted by molar-refractivity contribution is -0.142. The van der Waals surface area contributed by atoms with Gasteiger partial charge in [0.15, 0.2) is 0 Å². The molecule has 0 aliphatic carbocycles. The largest absolute Gasteiger partial charge is 0.508 e. The first-order valence-electron chi connectivity index (χ1n) is 18.6. The number of benzene rings is 1. The molecule has 0 aliphatic heterocycles. The van der Waals surface area contributed by atoms with Crippen LogP contribution in [-0.4, -0.2) is 121 Å². The van der Waals surface area contributed by atoms with E-state index >= 15 is 0 Å². The molecule has 7 amide bonds. The number of carbonyl (C=O) groups is 8. The number of amides is 7. The highest BCUT2D eigenvalue weighted by Gasteiger charge is 2.35. The van der Waals surface area contributed by atoms with Crippen LogP contribution < -0.4 is 43.4 Å². The highest BCUT2D eigenvalue weighted by Crippen LogP contribution is 2.14. The van der Waals surface area contributed by atoms with Crippen LogP contribution in [-0.2, 0) is 51.2 Å². The summed E-state index contributed by atoms with van der Waals surface area (Å²) in [7, 11) is 0. The van der Waals surface area contributed by atoms with Gasteiger partial charge in [0.2, 0.25) is 41.4 Å². The molecule has 0 saturated carbocycles. The van der Waals surface area contributed by atoms with Gasteiger partial charge in [-0.3, -0.25) is 38.4 Å². The Morgan fingerprint density at radius 2 is 1.22 bits per heavy atom. The number of nitrogens with one attached hydrogen (secondary N) is 7. The number of aliphatic hydroxyl groups excluding tert-OH is 1. The number of imidazole rings is 1. The van der Waals surface area contributed by atoms with E-state index in [0.29, 0.717) is 11.3 Å². The van der Waals surface area contributed by atoms with E-state index in [9.17, 15) is 53.7 Å². The molecule has 0 spiro atoms. The number of hydrogen-bond acceptors (Lipinski definition) is 12. The molecule has 0 fully saturated rings. The molecule has 0 saturated heterocycles. The van der Waals surface area contributed by atoms with Crippen molar-refractivity contribution < 1.29 is 53.7 Å².